The lowest BCUT2D eigenvalue weighted by Crippen LogP contribution is -2.46. The van der Waals surface area contributed by atoms with Gasteiger partial charge in [-0.05, 0) is 40.5 Å². The third-order valence-electron chi connectivity index (χ3n) is 3.66. The molecule has 6 heteroatoms. The van der Waals surface area contributed by atoms with Crippen molar-refractivity contribution in [2.24, 2.45) is 0 Å². The van der Waals surface area contributed by atoms with Gasteiger partial charge < -0.3 is 25.0 Å². The Kier molecular flexibility index (Phi) is 8.87. The Morgan fingerprint density at radius 1 is 1.43 bits per heavy atom. The highest BCUT2D eigenvalue weighted by atomic mass is 16.6. The number of nitrogens with zero attached hydrogens (tertiary/aromatic N) is 1. The fourth-order valence-corrected chi connectivity index (χ4v) is 2.62. The molecule has 0 spiro atoms. The summed E-state index contributed by atoms with van der Waals surface area (Å²) in [6.07, 6.45) is 1.73. The molecule has 2 unspecified atom stereocenters. The Labute approximate surface area is 141 Å². The van der Waals surface area contributed by atoms with Gasteiger partial charge in [-0.15, -0.1) is 0 Å². The normalized spacial score (nSPS) is 20.1. The summed E-state index contributed by atoms with van der Waals surface area (Å²) in [7, 11) is 0. The van der Waals surface area contributed by atoms with Crippen LogP contribution in [0.15, 0.2) is 0 Å². The van der Waals surface area contributed by atoms with E-state index in [1.165, 1.54) is 0 Å². The van der Waals surface area contributed by atoms with Crippen molar-refractivity contribution in [2.45, 2.75) is 65.1 Å². The highest BCUT2D eigenvalue weighted by Crippen LogP contribution is 2.10. The Balaban J connectivity index is 2.29. The lowest BCUT2D eigenvalue weighted by Gasteiger charge is -2.29. The van der Waals surface area contributed by atoms with E-state index < -0.39 is 5.60 Å². The van der Waals surface area contributed by atoms with Crippen molar-refractivity contribution in [2.75, 3.05) is 39.4 Å². The molecule has 6 nitrogen and oxygen atoms in total. The fourth-order valence-electron chi connectivity index (χ4n) is 2.62. The molecule has 1 saturated heterocycles. The van der Waals surface area contributed by atoms with E-state index in [0.29, 0.717) is 18.6 Å². The van der Waals surface area contributed by atoms with Gasteiger partial charge in [-0.1, -0.05) is 6.92 Å². The number of rotatable bonds is 8. The molecule has 0 aliphatic carbocycles. The molecule has 0 aromatic carbocycles. The quantitative estimate of drug-likeness (QED) is 0.713. The number of ether oxygens (including phenoxy) is 2. The average Bonchev–Trinajstić information content (AvgIpc) is 2.45. The third kappa shape index (κ3) is 9.13. The summed E-state index contributed by atoms with van der Waals surface area (Å²) in [4.78, 5) is 14.0. The molecule has 0 saturated carbocycles. The molecule has 0 aromatic heterocycles. The van der Waals surface area contributed by atoms with Crippen molar-refractivity contribution in [1.29, 1.82) is 0 Å². The van der Waals surface area contributed by atoms with Gasteiger partial charge in [-0.25, -0.2) is 4.79 Å². The van der Waals surface area contributed by atoms with Crippen LogP contribution in [-0.4, -0.2) is 68.1 Å². The number of nitrogens with one attached hydrogen (secondary N) is 2. The van der Waals surface area contributed by atoms with Gasteiger partial charge >= 0.3 is 6.09 Å². The number of carbonyl (C=O) groups is 1. The maximum absolute atomic E-state index is 12.2. The highest BCUT2D eigenvalue weighted by Gasteiger charge is 2.21. The Bertz CT molecular complexity index is 338. The first kappa shape index (κ1) is 20.2. The van der Waals surface area contributed by atoms with E-state index in [0.717, 1.165) is 45.7 Å². The zero-order valence-electron chi connectivity index (χ0n) is 15.5. The standard InChI is InChI=1S/C17H35N3O3/c1-6-9-20(16(21)23-17(3,4)5)10-7-18-14(2)12-15-13-22-11-8-19-15/h14-15,18-19H,6-13H2,1-5H3. The SMILES string of the molecule is CCCN(CCNC(C)CC1COCCN1)C(=O)OC(C)(C)C. The zero-order chi connectivity index (χ0) is 17.3. The minimum Gasteiger partial charge on any atom is -0.444 e. The second-order valence-electron chi connectivity index (χ2n) is 7.28. The molecule has 1 amide bonds. The van der Waals surface area contributed by atoms with E-state index >= 15 is 0 Å². The summed E-state index contributed by atoms with van der Waals surface area (Å²) in [6.45, 7) is 14.6. The average molecular weight is 329 g/mol. The van der Waals surface area contributed by atoms with Crippen LogP contribution < -0.4 is 10.6 Å². The second-order valence-corrected chi connectivity index (χ2v) is 7.28. The monoisotopic (exact) mass is 329 g/mol. The summed E-state index contributed by atoms with van der Waals surface area (Å²) < 4.78 is 10.9. The largest absolute Gasteiger partial charge is 0.444 e. The van der Waals surface area contributed by atoms with Gasteiger partial charge in [0.1, 0.15) is 5.60 Å². The predicted octanol–water partition coefficient (Wildman–Crippen LogP) is 1.99. The number of hydrogen-bond donors (Lipinski definition) is 2. The molecule has 2 atom stereocenters. The van der Waals surface area contributed by atoms with Gasteiger partial charge in [0.15, 0.2) is 0 Å². The molecule has 1 aliphatic rings. The first-order chi connectivity index (χ1) is 10.8. The van der Waals surface area contributed by atoms with Crippen LogP contribution in [0.2, 0.25) is 0 Å². The molecule has 1 fully saturated rings. The van der Waals surface area contributed by atoms with Crippen LogP contribution in [0.4, 0.5) is 4.79 Å². The summed E-state index contributed by atoms with van der Waals surface area (Å²) >= 11 is 0. The molecule has 1 aliphatic heterocycles. The molecule has 23 heavy (non-hydrogen) atoms. The van der Waals surface area contributed by atoms with Crippen LogP contribution in [0.5, 0.6) is 0 Å². The van der Waals surface area contributed by atoms with Crippen LogP contribution in [0.3, 0.4) is 0 Å². The Hall–Kier alpha value is -0.850. The number of morpholine rings is 1. The topological polar surface area (TPSA) is 62.8 Å². The summed E-state index contributed by atoms with van der Waals surface area (Å²) in [6, 6.07) is 0.806. The van der Waals surface area contributed by atoms with Crippen molar-refractivity contribution < 1.29 is 14.3 Å². The molecule has 0 bridgehead atoms. The smallest absolute Gasteiger partial charge is 0.410 e. The van der Waals surface area contributed by atoms with Crippen molar-refractivity contribution >= 4 is 6.09 Å². The molecule has 2 N–H and O–H groups in total. The number of carbonyl (C=O) groups excluding carboxylic acids is 1. The van der Waals surface area contributed by atoms with E-state index in [2.05, 4.69) is 24.5 Å². The van der Waals surface area contributed by atoms with E-state index in [9.17, 15) is 4.79 Å². The van der Waals surface area contributed by atoms with Gasteiger partial charge in [0.2, 0.25) is 0 Å². The molecule has 1 heterocycles. The van der Waals surface area contributed by atoms with E-state index in [1.807, 2.05) is 20.8 Å². The van der Waals surface area contributed by atoms with Gasteiger partial charge in [0, 0.05) is 38.3 Å². The molecule has 1 rings (SSSR count). The van der Waals surface area contributed by atoms with Crippen LogP contribution in [-0.2, 0) is 9.47 Å². The molecule has 0 radical (unpaired) electrons. The maximum atomic E-state index is 12.2. The Morgan fingerprint density at radius 3 is 2.74 bits per heavy atom. The number of amides is 1. The van der Waals surface area contributed by atoms with Crippen LogP contribution in [0.1, 0.15) is 47.5 Å². The van der Waals surface area contributed by atoms with Crippen LogP contribution >= 0.6 is 0 Å². The van der Waals surface area contributed by atoms with Gasteiger partial charge in [-0.2, -0.15) is 0 Å². The Morgan fingerprint density at radius 2 is 2.17 bits per heavy atom. The van der Waals surface area contributed by atoms with Crippen molar-refractivity contribution in [3.05, 3.63) is 0 Å². The summed E-state index contributed by atoms with van der Waals surface area (Å²) in [5.41, 5.74) is -0.448. The van der Waals surface area contributed by atoms with E-state index in [4.69, 9.17) is 9.47 Å². The lowest BCUT2D eigenvalue weighted by molar-refractivity contribution is 0.0250. The maximum Gasteiger partial charge on any atom is 0.410 e. The molecular formula is C17H35N3O3. The van der Waals surface area contributed by atoms with Gasteiger partial charge in [-0.3, -0.25) is 0 Å². The van der Waals surface area contributed by atoms with Crippen molar-refractivity contribution in [3.8, 4) is 0 Å². The number of hydrogen-bond acceptors (Lipinski definition) is 5. The van der Waals surface area contributed by atoms with Crippen molar-refractivity contribution in [1.82, 2.24) is 15.5 Å². The first-order valence-corrected chi connectivity index (χ1v) is 8.84. The van der Waals surface area contributed by atoms with E-state index in [1.54, 1.807) is 4.90 Å². The van der Waals surface area contributed by atoms with Crippen LogP contribution in [0, 0.1) is 0 Å². The van der Waals surface area contributed by atoms with Gasteiger partial charge in [0.25, 0.3) is 0 Å². The van der Waals surface area contributed by atoms with Crippen molar-refractivity contribution in [3.63, 3.8) is 0 Å². The minimum atomic E-state index is -0.448. The fraction of sp³-hybridized carbons (Fsp3) is 0.941. The van der Waals surface area contributed by atoms with Gasteiger partial charge in [0.05, 0.1) is 13.2 Å². The molecule has 0 aromatic rings. The predicted molar refractivity (Wildman–Crippen MR) is 92.8 cm³/mol. The summed E-state index contributed by atoms with van der Waals surface area (Å²) in [5.74, 6) is 0. The molecule has 136 valence electrons. The van der Waals surface area contributed by atoms with E-state index in [-0.39, 0.29) is 6.09 Å². The van der Waals surface area contributed by atoms with Crippen LogP contribution in [0.25, 0.3) is 0 Å². The third-order valence-corrected chi connectivity index (χ3v) is 3.66. The first-order valence-electron chi connectivity index (χ1n) is 8.84. The minimum absolute atomic E-state index is 0.226. The summed E-state index contributed by atoms with van der Waals surface area (Å²) in [5, 5.41) is 6.96. The molecular weight excluding hydrogens is 294 g/mol. The lowest BCUT2D eigenvalue weighted by atomic mass is 10.1. The zero-order valence-corrected chi connectivity index (χ0v) is 15.5. The second kappa shape index (κ2) is 10.1. The highest BCUT2D eigenvalue weighted by molar-refractivity contribution is 5.68.